The molecule has 9 rings (SSSR count). The van der Waals surface area contributed by atoms with Gasteiger partial charge in [-0.2, -0.15) is 0 Å². The second kappa shape index (κ2) is 94.0. The first-order valence-electron chi connectivity index (χ1n) is 46.0. The number of aliphatic hydroxyl groups excluding tert-OH is 1. The molecule has 0 saturated carbocycles. The van der Waals surface area contributed by atoms with Crippen LogP contribution in [0.1, 0.15) is 477 Å². The Balaban J connectivity index is -0.0000000872. The van der Waals surface area contributed by atoms with Gasteiger partial charge in [0.2, 0.25) is 0 Å². The van der Waals surface area contributed by atoms with Gasteiger partial charge in [-0.3, -0.25) is 0 Å². The Morgan fingerprint density at radius 2 is 0.603 bits per heavy atom. The van der Waals surface area contributed by atoms with Crippen LogP contribution >= 0.6 is 0 Å². The molecule has 121 heavy (non-hydrogen) atoms. The largest absolute Gasteiger partial charge is 0.497 e. The van der Waals surface area contributed by atoms with E-state index in [4.69, 9.17) is 14.6 Å². The van der Waals surface area contributed by atoms with Crippen LogP contribution in [-0.2, 0) is 31.3 Å². The lowest BCUT2D eigenvalue weighted by Crippen LogP contribution is -2.20. The van der Waals surface area contributed by atoms with E-state index >= 15 is 0 Å². The Bertz CT molecular complexity index is 3300. The molecule has 9 atom stereocenters. The molecule has 0 aliphatic heterocycles. The third-order valence-corrected chi connectivity index (χ3v) is 20.8. The molecular formula is C118H216O3. The molecule has 8 aromatic carbocycles. The maximum atomic E-state index is 8.92. The molecule has 3 heteroatoms. The van der Waals surface area contributed by atoms with Crippen LogP contribution in [0.3, 0.4) is 0 Å². The molecule has 0 saturated heterocycles. The molecule has 0 heterocycles. The van der Waals surface area contributed by atoms with Gasteiger partial charge >= 0.3 is 0 Å². The van der Waals surface area contributed by atoms with Gasteiger partial charge in [0, 0.05) is 0 Å². The summed E-state index contributed by atoms with van der Waals surface area (Å²) in [5.74, 6) is 8.31. The molecule has 0 amide bonds. The summed E-state index contributed by atoms with van der Waals surface area (Å²) in [6.07, 6.45) is 12.1. The second-order valence-corrected chi connectivity index (χ2v) is 29.4. The molecule has 706 valence electrons. The van der Waals surface area contributed by atoms with Crippen molar-refractivity contribution in [2.45, 2.75) is 447 Å². The average molecular weight is 1680 g/mol. The van der Waals surface area contributed by atoms with E-state index in [0.29, 0.717) is 41.4 Å². The number of rotatable bonds is 18. The normalized spacial score (nSPS) is 12.5. The highest BCUT2D eigenvalue weighted by molar-refractivity contribution is 5.38. The van der Waals surface area contributed by atoms with Gasteiger partial charge in [0.05, 0.1) is 20.8 Å². The first-order valence-corrected chi connectivity index (χ1v) is 46.0. The van der Waals surface area contributed by atoms with Crippen molar-refractivity contribution >= 4 is 0 Å². The van der Waals surface area contributed by atoms with Crippen LogP contribution in [0.25, 0.3) is 0 Å². The first kappa shape index (κ1) is 146. The summed E-state index contributed by atoms with van der Waals surface area (Å²) in [6, 6.07) is 65.2. The Kier molecular flexibility index (Phi) is 113. The molecule has 8 aromatic rings. The van der Waals surface area contributed by atoms with Gasteiger partial charge in [-0.15, -0.1) is 0 Å². The van der Waals surface area contributed by atoms with Gasteiger partial charge < -0.3 is 14.6 Å². The van der Waals surface area contributed by atoms with E-state index in [2.05, 4.69) is 324 Å². The van der Waals surface area contributed by atoms with Crippen molar-refractivity contribution in [1.82, 2.24) is 0 Å². The van der Waals surface area contributed by atoms with Crippen molar-refractivity contribution in [2.24, 2.45) is 11.8 Å². The molecular weight excluding hydrogens is 1470 g/mol. The summed E-state index contributed by atoms with van der Waals surface area (Å²) < 4.78 is 10.3. The molecule has 0 radical (unpaired) electrons. The van der Waals surface area contributed by atoms with Gasteiger partial charge in [-0.05, 0) is 252 Å². The monoisotopic (exact) mass is 1680 g/mol. The number of hydrogen-bond acceptors (Lipinski definition) is 3. The Hall–Kier alpha value is -6.68. The van der Waals surface area contributed by atoms with E-state index in [9.17, 15) is 0 Å². The van der Waals surface area contributed by atoms with Gasteiger partial charge in [0.15, 0.2) is 0 Å². The van der Waals surface area contributed by atoms with Gasteiger partial charge in [-0.25, -0.2) is 0 Å². The van der Waals surface area contributed by atoms with Gasteiger partial charge in [0.25, 0.3) is 0 Å². The van der Waals surface area contributed by atoms with Crippen LogP contribution in [-0.4, -0.2) is 19.3 Å². The molecule has 3 nitrogen and oxygen atoms in total. The van der Waals surface area contributed by atoms with Crippen molar-refractivity contribution < 1.29 is 14.6 Å². The van der Waals surface area contributed by atoms with Crippen LogP contribution in [0, 0.1) is 39.5 Å². The molecule has 1 aliphatic rings. The molecule has 0 fully saturated rings. The minimum absolute atomic E-state index is 0. The quantitative estimate of drug-likeness (QED) is 0.0930. The van der Waals surface area contributed by atoms with E-state index in [1.807, 2.05) is 135 Å². The van der Waals surface area contributed by atoms with E-state index in [1.54, 1.807) is 25.3 Å². The number of aliphatic hydroxyl groups is 1. The number of fused-ring (bicyclic) bond motifs is 1. The highest BCUT2D eigenvalue weighted by Crippen LogP contribution is 2.31. The van der Waals surface area contributed by atoms with Crippen molar-refractivity contribution in [3.63, 3.8) is 0 Å². The minimum atomic E-state index is 0. The fraction of sp³-hybridized carbons (Fsp3) is 0.593. The van der Waals surface area contributed by atoms with Crippen LogP contribution < -0.4 is 9.47 Å². The third kappa shape index (κ3) is 63.8. The average Bonchev–Trinajstić information content (AvgIpc) is 0.839. The maximum absolute atomic E-state index is 8.92. The maximum Gasteiger partial charge on any atom is 0.121 e. The van der Waals surface area contributed by atoms with Gasteiger partial charge in [0.1, 0.15) is 11.5 Å². The fourth-order valence-electron chi connectivity index (χ4n) is 11.2. The highest BCUT2D eigenvalue weighted by Gasteiger charge is 2.21. The zero-order chi connectivity index (χ0) is 89.5. The lowest BCUT2D eigenvalue weighted by atomic mass is 9.78. The smallest absolute Gasteiger partial charge is 0.121 e. The molecule has 0 spiro atoms. The van der Waals surface area contributed by atoms with E-state index in [0.717, 1.165) is 41.7 Å². The lowest BCUT2D eigenvalue weighted by Gasteiger charge is -2.27. The van der Waals surface area contributed by atoms with Crippen LogP contribution in [0.4, 0.5) is 0 Å². The summed E-state index contributed by atoms with van der Waals surface area (Å²) in [5, 5.41) is 8.92. The predicted molar refractivity (Wildman–Crippen MR) is 572 cm³/mol. The number of aryl methyl sites for hydroxylation is 5. The number of methoxy groups -OCH3 is 2. The van der Waals surface area contributed by atoms with Crippen molar-refractivity contribution in [3.05, 3.63) is 271 Å². The molecule has 0 aromatic heterocycles. The summed E-state index contributed by atoms with van der Waals surface area (Å²) in [6.45, 7) is 85.8. The molecule has 0 bridgehead atoms. The summed E-state index contributed by atoms with van der Waals surface area (Å²) in [4.78, 5) is 0. The lowest BCUT2D eigenvalue weighted by molar-refractivity contribution is 0.281. The van der Waals surface area contributed by atoms with E-state index in [1.165, 1.54) is 124 Å². The third-order valence-electron chi connectivity index (χ3n) is 20.8. The molecule has 1 N–H and O–H groups in total. The first-order chi connectivity index (χ1) is 54.6. The Morgan fingerprint density at radius 3 is 0.909 bits per heavy atom. The Labute approximate surface area is 765 Å². The van der Waals surface area contributed by atoms with E-state index in [-0.39, 0.29) is 64.0 Å². The van der Waals surface area contributed by atoms with Crippen molar-refractivity contribution in [2.75, 3.05) is 14.2 Å². The second-order valence-electron chi connectivity index (χ2n) is 29.4. The number of ether oxygens (including phenoxy) is 2. The summed E-state index contributed by atoms with van der Waals surface area (Å²) in [5.41, 5.74) is 22.7. The van der Waals surface area contributed by atoms with E-state index < -0.39 is 0 Å². The number of benzene rings is 8. The fourth-order valence-corrected chi connectivity index (χ4v) is 11.2. The van der Waals surface area contributed by atoms with Crippen LogP contribution in [0.5, 0.6) is 11.5 Å². The predicted octanol–water partition coefficient (Wildman–Crippen LogP) is 40.7. The SMILES string of the molecule is C.C.C.C.C.C.C.CC.CC.CC.CC.CC.CC.CC.CC.CC1Cc2ccccc2CC1C.CCC(C)c1ccc(C)c(C)c1.CCC(C)c1ccc(C)cc1.CCC(C)c1ccc(OC)c(C)c1.CCC(C)c1ccc(OC)cc1.CCC(C)c1cccc(C(C)(C)C)c1.CCC(C)c1cccc(CO)c1.CCc1cccc(C(C)CC)c1. The standard InChI is InChI=1S/C14H22.C12H18O.C12H16.2C12H18.2C11H16O.C11H16.8C2H6.7CH4/c1-6-11(2)12-8-7-9-13(10-12)14(3,4)5;1-5-9(2)11-6-7-12(13-4)10(3)8-11;1-9-7-11-5-3-4-6-12(11)8-10(9)2;1-5-9(2)12-7-6-10(3)11(4)8-12;1-4-10(3)12-8-6-7-11(5-2)9-12;1-4-9(2)10-5-7-11(12-3)8-6-10;1-3-9(2)11-6-4-5-10(7-11)8-12;1-4-10(3)11-7-5-9(2)6-8-11;8*1-2;;;;;;;/h7-11H,6H2,1-5H3;6-9H,5H2,1-4H3;3-6,9-10H,7-8H2,1-2H3;6-9H,5H2,1-4H3;6-10H,4-5H2,1-3H3;5-9H,4H2,1-3H3;4-7,9,12H,3,8H2,1-2H3;5-8,10H,4H2,1-3H3;8*1-2H3;7*1H4. The molecule has 9 unspecified atom stereocenters. The van der Waals surface area contributed by atoms with Crippen LogP contribution in [0.15, 0.2) is 182 Å². The summed E-state index contributed by atoms with van der Waals surface area (Å²) in [7, 11) is 3.41. The highest BCUT2D eigenvalue weighted by atomic mass is 16.5. The minimum Gasteiger partial charge on any atom is -0.497 e. The van der Waals surface area contributed by atoms with Crippen molar-refractivity contribution in [1.29, 1.82) is 0 Å². The topological polar surface area (TPSA) is 38.7 Å². The zero-order valence-electron chi connectivity index (χ0n) is 83.1. The van der Waals surface area contributed by atoms with Gasteiger partial charge in [-0.1, -0.05) is 471 Å². The van der Waals surface area contributed by atoms with Crippen molar-refractivity contribution in [3.8, 4) is 11.5 Å². The van der Waals surface area contributed by atoms with Crippen LogP contribution in [0.2, 0.25) is 0 Å². The molecule has 1 aliphatic carbocycles. The number of hydrogen-bond donors (Lipinski definition) is 1. The Morgan fingerprint density at radius 1 is 0.314 bits per heavy atom. The summed E-state index contributed by atoms with van der Waals surface area (Å²) >= 11 is 0. The zero-order valence-corrected chi connectivity index (χ0v) is 83.1.